The first kappa shape index (κ1) is 12.1. The Labute approximate surface area is 81.8 Å². The molecule has 0 aliphatic rings. The molecule has 1 aromatic heterocycles. The second-order valence-electron chi connectivity index (χ2n) is 2.17. The molecule has 0 unspecified atom stereocenters. The fourth-order valence-corrected chi connectivity index (χ4v) is 1.10. The Morgan fingerprint density at radius 2 is 2.00 bits per heavy atom. The first-order valence-corrected chi connectivity index (χ1v) is 4.93. The lowest BCUT2D eigenvalue weighted by Gasteiger charge is -1.97. The van der Waals surface area contributed by atoms with Crippen molar-refractivity contribution in [3.8, 4) is 0 Å². The molecule has 0 bridgehead atoms. The molecule has 0 saturated carbocycles. The van der Waals surface area contributed by atoms with Crippen LogP contribution in [0.5, 0.6) is 0 Å². The van der Waals surface area contributed by atoms with Crippen LogP contribution in [0.15, 0.2) is 17.2 Å². The number of hydrazine groups is 1. The number of nitrogen functional groups attached to an aromatic ring is 1. The van der Waals surface area contributed by atoms with Gasteiger partial charge in [0, 0.05) is 6.26 Å². The van der Waals surface area contributed by atoms with Crippen LogP contribution in [0.1, 0.15) is 0 Å². The minimum atomic E-state index is -3.27. The van der Waals surface area contributed by atoms with Crippen LogP contribution in [-0.4, -0.2) is 24.9 Å². The van der Waals surface area contributed by atoms with Crippen LogP contribution < -0.4 is 11.3 Å². The summed E-state index contributed by atoms with van der Waals surface area (Å²) in [6.07, 6.45) is 1.06. The third kappa shape index (κ3) is 3.13. The van der Waals surface area contributed by atoms with Crippen molar-refractivity contribution in [1.82, 2.24) is 10.2 Å². The van der Waals surface area contributed by atoms with Gasteiger partial charge < -0.3 is 5.43 Å². The number of nitrogens with two attached hydrogens (primary N) is 1. The molecular formula is C5H9ClN4O2S. The van der Waals surface area contributed by atoms with Crippen molar-refractivity contribution in [2.75, 3.05) is 11.7 Å². The topological polar surface area (TPSA) is 98.0 Å². The first-order chi connectivity index (χ1) is 5.54. The van der Waals surface area contributed by atoms with E-state index in [1.807, 2.05) is 0 Å². The summed E-state index contributed by atoms with van der Waals surface area (Å²) in [4.78, 5) is 0. The van der Waals surface area contributed by atoms with Gasteiger partial charge in [0.05, 0.1) is 0 Å². The number of anilines is 1. The lowest BCUT2D eigenvalue weighted by molar-refractivity contribution is 0.596. The molecule has 1 rings (SSSR count). The van der Waals surface area contributed by atoms with Gasteiger partial charge in [-0.3, -0.25) is 0 Å². The quantitative estimate of drug-likeness (QED) is 0.524. The largest absolute Gasteiger partial charge is 0.307 e. The predicted octanol–water partition coefficient (Wildman–Crippen LogP) is -0.412. The van der Waals surface area contributed by atoms with Crippen LogP contribution >= 0.6 is 12.4 Å². The van der Waals surface area contributed by atoms with Gasteiger partial charge in [-0.05, 0) is 12.1 Å². The fraction of sp³-hybridized carbons (Fsp3) is 0.200. The highest BCUT2D eigenvalue weighted by Gasteiger charge is 2.08. The number of sulfone groups is 1. The van der Waals surface area contributed by atoms with Crippen molar-refractivity contribution in [1.29, 1.82) is 0 Å². The molecule has 6 nitrogen and oxygen atoms in total. The molecule has 0 saturated heterocycles. The molecule has 0 spiro atoms. The number of hydrogen-bond donors (Lipinski definition) is 2. The van der Waals surface area contributed by atoms with E-state index in [9.17, 15) is 8.42 Å². The van der Waals surface area contributed by atoms with E-state index in [4.69, 9.17) is 5.84 Å². The molecule has 1 aromatic rings. The first-order valence-electron chi connectivity index (χ1n) is 3.04. The minimum Gasteiger partial charge on any atom is -0.307 e. The van der Waals surface area contributed by atoms with Gasteiger partial charge in [-0.15, -0.1) is 22.6 Å². The summed E-state index contributed by atoms with van der Waals surface area (Å²) in [5, 5.41) is 6.87. The molecule has 0 atom stereocenters. The normalized spacial score (nSPS) is 10.3. The fourth-order valence-electron chi connectivity index (χ4n) is 0.595. The standard InChI is InChI=1S/C5H8N4O2S.ClH/c1-12(10,11)5-3-2-4(7-6)8-9-5;/h2-3H,6H2,1H3,(H,7,8);1H. The van der Waals surface area contributed by atoms with Crippen molar-refractivity contribution in [3.05, 3.63) is 12.1 Å². The Kier molecular flexibility index (Phi) is 4.05. The average Bonchev–Trinajstić information content (AvgIpc) is 2.03. The van der Waals surface area contributed by atoms with E-state index >= 15 is 0 Å². The zero-order valence-electron chi connectivity index (χ0n) is 6.76. The van der Waals surface area contributed by atoms with Crippen molar-refractivity contribution in [3.63, 3.8) is 0 Å². The van der Waals surface area contributed by atoms with E-state index in [0.717, 1.165) is 6.26 Å². The minimum absolute atomic E-state index is 0. The summed E-state index contributed by atoms with van der Waals surface area (Å²) in [6.45, 7) is 0. The van der Waals surface area contributed by atoms with E-state index in [1.54, 1.807) is 0 Å². The van der Waals surface area contributed by atoms with Gasteiger partial charge in [0.15, 0.2) is 20.7 Å². The molecule has 0 aromatic carbocycles. The number of nitrogens with zero attached hydrogens (tertiary/aromatic N) is 2. The maximum atomic E-state index is 10.9. The summed E-state index contributed by atoms with van der Waals surface area (Å²) >= 11 is 0. The zero-order chi connectivity index (χ0) is 9.19. The SMILES string of the molecule is CS(=O)(=O)c1ccc(NN)nn1.Cl. The maximum Gasteiger partial charge on any atom is 0.194 e. The highest BCUT2D eigenvalue weighted by atomic mass is 35.5. The summed E-state index contributed by atoms with van der Waals surface area (Å²) in [7, 11) is -3.27. The molecule has 3 N–H and O–H groups in total. The van der Waals surface area contributed by atoms with Gasteiger partial charge in [-0.25, -0.2) is 14.3 Å². The number of rotatable bonds is 2. The monoisotopic (exact) mass is 224 g/mol. The molecular weight excluding hydrogens is 216 g/mol. The van der Waals surface area contributed by atoms with Crippen LogP contribution in [-0.2, 0) is 9.84 Å². The highest BCUT2D eigenvalue weighted by molar-refractivity contribution is 7.90. The van der Waals surface area contributed by atoms with Gasteiger partial charge in [0.2, 0.25) is 0 Å². The highest BCUT2D eigenvalue weighted by Crippen LogP contribution is 2.05. The zero-order valence-corrected chi connectivity index (χ0v) is 8.39. The predicted molar refractivity (Wildman–Crippen MR) is 50.2 cm³/mol. The van der Waals surface area contributed by atoms with Crippen LogP contribution in [0.2, 0.25) is 0 Å². The van der Waals surface area contributed by atoms with E-state index in [1.165, 1.54) is 12.1 Å². The summed E-state index contributed by atoms with van der Waals surface area (Å²) < 4.78 is 21.8. The van der Waals surface area contributed by atoms with Gasteiger partial charge in [-0.1, -0.05) is 0 Å². The third-order valence-corrected chi connectivity index (χ3v) is 2.15. The van der Waals surface area contributed by atoms with Crippen LogP contribution in [0.25, 0.3) is 0 Å². The van der Waals surface area contributed by atoms with Crippen molar-refractivity contribution >= 4 is 28.1 Å². The van der Waals surface area contributed by atoms with E-state index < -0.39 is 9.84 Å². The third-order valence-electron chi connectivity index (χ3n) is 1.17. The molecule has 74 valence electrons. The Bertz CT molecular complexity index is 363. The molecule has 0 aliphatic carbocycles. The Morgan fingerprint density at radius 1 is 1.38 bits per heavy atom. The molecule has 0 aliphatic heterocycles. The number of aromatic nitrogens is 2. The number of nitrogens with one attached hydrogen (secondary N) is 1. The molecule has 0 fully saturated rings. The van der Waals surface area contributed by atoms with E-state index in [2.05, 4.69) is 15.6 Å². The Balaban J connectivity index is 0.00000144. The molecule has 0 amide bonds. The maximum absolute atomic E-state index is 10.9. The number of halogens is 1. The summed E-state index contributed by atoms with van der Waals surface area (Å²) in [5.74, 6) is 5.33. The lowest BCUT2D eigenvalue weighted by Crippen LogP contribution is -2.10. The van der Waals surface area contributed by atoms with Crippen LogP contribution in [0.4, 0.5) is 5.82 Å². The average molecular weight is 225 g/mol. The lowest BCUT2D eigenvalue weighted by atomic mass is 10.5. The van der Waals surface area contributed by atoms with E-state index in [0.29, 0.717) is 5.82 Å². The summed E-state index contributed by atoms with van der Waals surface area (Å²) in [6, 6.07) is 2.76. The molecule has 1 heterocycles. The van der Waals surface area contributed by atoms with Crippen LogP contribution in [0, 0.1) is 0 Å². The Morgan fingerprint density at radius 3 is 2.31 bits per heavy atom. The van der Waals surface area contributed by atoms with Crippen molar-refractivity contribution < 1.29 is 8.42 Å². The van der Waals surface area contributed by atoms with Crippen molar-refractivity contribution in [2.45, 2.75) is 5.03 Å². The molecule has 13 heavy (non-hydrogen) atoms. The van der Waals surface area contributed by atoms with Gasteiger partial charge >= 0.3 is 0 Å². The molecule has 0 radical (unpaired) electrons. The Hall–Kier alpha value is -0.920. The smallest absolute Gasteiger partial charge is 0.194 e. The second kappa shape index (κ2) is 4.35. The summed E-state index contributed by atoms with van der Waals surface area (Å²) in [5.41, 5.74) is 2.24. The number of hydrogen-bond acceptors (Lipinski definition) is 6. The second-order valence-corrected chi connectivity index (χ2v) is 4.14. The van der Waals surface area contributed by atoms with Gasteiger partial charge in [0.1, 0.15) is 0 Å². The van der Waals surface area contributed by atoms with Gasteiger partial charge in [0.25, 0.3) is 0 Å². The van der Waals surface area contributed by atoms with Crippen LogP contribution in [0.3, 0.4) is 0 Å². The van der Waals surface area contributed by atoms with Crippen molar-refractivity contribution in [2.24, 2.45) is 5.84 Å². The molecule has 8 heteroatoms. The van der Waals surface area contributed by atoms with Gasteiger partial charge in [-0.2, -0.15) is 0 Å². The van der Waals surface area contributed by atoms with E-state index in [-0.39, 0.29) is 17.4 Å².